The molecule has 19 heteroatoms. The third-order valence-electron chi connectivity index (χ3n) is 15.1. The molecule has 0 spiro atoms. The first-order valence-corrected chi connectivity index (χ1v) is 39.5. The molecule has 0 aromatic carbocycles. The maximum absolute atomic E-state index is 13.0. The van der Waals surface area contributed by atoms with Crippen LogP contribution >= 0.6 is 15.6 Å². The fraction of sp³-hybridized carbons (Fsp3) is 0.733. The summed E-state index contributed by atoms with van der Waals surface area (Å²) in [5, 5.41) is 10.6. The first kappa shape index (κ1) is 90.0. The van der Waals surface area contributed by atoms with Gasteiger partial charge < -0.3 is 33.8 Å². The number of phosphoric acid groups is 2. The molecule has 0 amide bonds. The van der Waals surface area contributed by atoms with E-state index in [-0.39, 0.29) is 25.7 Å². The lowest BCUT2D eigenvalue weighted by Gasteiger charge is -2.21. The maximum atomic E-state index is 13.0. The van der Waals surface area contributed by atoms with Gasteiger partial charge in [0.05, 0.1) is 32.8 Å². The Morgan fingerprint density at radius 3 is 0.989 bits per heavy atom. The minimum absolute atomic E-state index is 0.0594. The van der Waals surface area contributed by atoms with E-state index in [1.54, 1.807) is 6.08 Å². The molecule has 0 saturated carbocycles. The number of aliphatic hydroxyl groups excluding tert-OH is 1. The lowest BCUT2D eigenvalue weighted by atomic mass is 10.1. The van der Waals surface area contributed by atoms with Crippen molar-refractivity contribution in [3.05, 3.63) is 97.2 Å². The number of esters is 4. The first-order valence-electron chi connectivity index (χ1n) is 36.5. The van der Waals surface area contributed by atoms with Crippen LogP contribution in [-0.2, 0) is 65.4 Å². The van der Waals surface area contributed by atoms with Crippen molar-refractivity contribution in [2.45, 2.75) is 316 Å². The number of rotatable bonds is 68. The van der Waals surface area contributed by atoms with Gasteiger partial charge in [-0.1, -0.05) is 260 Å². The van der Waals surface area contributed by atoms with E-state index in [2.05, 4.69) is 101 Å². The average Bonchev–Trinajstić information content (AvgIpc) is 1.36. The number of carbonyl (C=O) groups is 4. The normalized spacial score (nSPS) is 14.6. The molecule has 0 aromatic rings. The Bertz CT molecular complexity index is 2170. The van der Waals surface area contributed by atoms with E-state index in [1.165, 1.54) is 83.5 Å². The molecule has 0 aliphatic carbocycles. The summed E-state index contributed by atoms with van der Waals surface area (Å²) in [6.07, 6.45) is 68.7. The van der Waals surface area contributed by atoms with Crippen LogP contribution in [0.4, 0.5) is 0 Å². The molecule has 5 unspecified atom stereocenters. The van der Waals surface area contributed by atoms with Crippen molar-refractivity contribution in [1.82, 2.24) is 0 Å². The number of allylic oxidation sites excluding steroid dienone is 15. The number of phosphoric ester groups is 2. The molecule has 0 fully saturated rings. The molecule has 0 aromatic heterocycles. The van der Waals surface area contributed by atoms with Crippen LogP contribution in [0.1, 0.15) is 297 Å². The van der Waals surface area contributed by atoms with Gasteiger partial charge in [0.2, 0.25) is 0 Å². The second-order valence-electron chi connectivity index (χ2n) is 24.2. The van der Waals surface area contributed by atoms with Gasteiger partial charge >= 0.3 is 39.5 Å². The highest BCUT2D eigenvalue weighted by Crippen LogP contribution is 2.45. The van der Waals surface area contributed by atoms with Crippen LogP contribution in [0.5, 0.6) is 0 Å². The zero-order valence-corrected chi connectivity index (χ0v) is 60.7. The average molecular weight is 1370 g/mol. The monoisotopic (exact) mass is 1360 g/mol. The van der Waals surface area contributed by atoms with Gasteiger partial charge in [0.25, 0.3) is 0 Å². The molecular formula is C75H130O17P2. The van der Waals surface area contributed by atoms with Crippen LogP contribution in [0.2, 0.25) is 0 Å². The minimum atomic E-state index is -4.99. The number of ether oxygens (including phenoxy) is 4. The molecule has 5 atom stereocenters. The van der Waals surface area contributed by atoms with Gasteiger partial charge in [-0.05, 0) is 109 Å². The Morgan fingerprint density at radius 2 is 0.596 bits per heavy atom. The Kier molecular flexibility index (Phi) is 64.7. The van der Waals surface area contributed by atoms with Crippen LogP contribution in [0.25, 0.3) is 0 Å². The summed E-state index contributed by atoms with van der Waals surface area (Å²) in [6.45, 7) is 4.57. The molecule has 0 aliphatic heterocycles. The zero-order valence-electron chi connectivity index (χ0n) is 58.9. The molecule has 0 aliphatic rings. The second-order valence-corrected chi connectivity index (χ2v) is 27.1. The van der Waals surface area contributed by atoms with Gasteiger partial charge in [-0.15, -0.1) is 0 Å². The van der Waals surface area contributed by atoms with Crippen LogP contribution in [0.15, 0.2) is 97.2 Å². The van der Waals surface area contributed by atoms with Crippen molar-refractivity contribution in [1.29, 1.82) is 0 Å². The fourth-order valence-electron chi connectivity index (χ4n) is 9.49. The van der Waals surface area contributed by atoms with Gasteiger partial charge in [-0.3, -0.25) is 37.3 Å². The lowest BCUT2D eigenvalue weighted by Crippen LogP contribution is -2.30. The molecule has 0 heterocycles. The van der Waals surface area contributed by atoms with E-state index < -0.39 is 97.5 Å². The van der Waals surface area contributed by atoms with Gasteiger partial charge in [0.1, 0.15) is 19.3 Å². The van der Waals surface area contributed by atoms with E-state index in [1.807, 2.05) is 18.2 Å². The van der Waals surface area contributed by atoms with E-state index >= 15 is 0 Å². The third-order valence-corrected chi connectivity index (χ3v) is 17.0. The molecule has 0 bridgehead atoms. The number of aliphatic hydroxyl groups is 1. The third kappa shape index (κ3) is 66.6. The Morgan fingerprint density at radius 1 is 0.319 bits per heavy atom. The SMILES string of the molecule is CC/C=C\C/C=C\C/C=C\C/C=C\C/C=C\CC(=O)OCC(COP(=O)(O)OCC(O)COP(=O)(O)OCC(COC(=O)CCCCCCC/C=C\CCCCCC)OC(=O)CCCCCCCCCCCCC)OC(=O)CCCCCCC/C=C\C/C=C\CCCCC. The molecule has 3 N–H and O–H groups in total. The highest BCUT2D eigenvalue weighted by Gasteiger charge is 2.30. The van der Waals surface area contributed by atoms with Gasteiger partial charge in [0, 0.05) is 19.3 Å². The minimum Gasteiger partial charge on any atom is -0.462 e. The van der Waals surface area contributed by atoms with Crippen molar-refractivity contribution in [2.75, 3.05) is 39.6 Å². The van der Waals surface area contributed by atoms with Crippen LogP contribution in [0, 0.1) is 0 Å². The highest BCUT2D eigenvalue weighted by atomic mass is 31.2. The number of hydrogen-bond donors (Lipinski definition) is 3. The highest BCUT2D eigenvalue weighted by molar-refractivity contribution is 7.47. The standard InChI is InChI=1S/C75H130O17P2/c1-5-9-13-17-21-25-29-32-34-37-41-44-48-52-56-60-73(78)86-66-71(92-75(80)62-58-54-50-46-42-38-35-33-30-26-22-18-14-10-6-2)68-90-94(83,84)88-64-69(76)63-87-93(81,82)89-67-70(91-74(79)61-57-53-49-45-39-28-24-20-16-12-8-4)65-85-72(77)59-55-51-47-43-40-36-31-27-23-19-15-11-7-3/h9,13,21-22,25-27,31-35,41,44,52,56,69-71,76H,5-8,10-12,14-20,23-24,28-30,36-40,42-43,45-51,53-55,57-68H2,1-4H3,(H,81,82)(H,83,84)/b13-9-,25-21-,26-22-,31-27-,34-32-,35-33-,44-41-,56-52-. The smallest absolute Gasteiger partial charge is 0.462 e. The summed E-state index contributed by atoms with van der Waals surface area (Å²) in [4.78, 5) is 72.6. The number of hydrogen-bond acceptors (Lipinski definition) is 15. The Labute approximate surface area is 569 Å². The second kappa shape index (κ2) is 67.5. The van der Waals surface area contributed by atoms with Crippen molar-refractivity contribution in [2.24, 2.45) is 0 Å². The topological polar surface area (TPSA) is 237 Å². The van der Waals surface area contributed by atoms with Crippen LogP contribution < -0.4 is 0 Å². The molecule has 0 rings (SSSR count). The van der Waals surface area contributed by atoms with E-state index in [0.29, 0.717) is 25.7 Å². The quantitative estimate of drug-likeness (QED) is 0.0169. The molecule has 0 saturated heterocycles. The van der Waals surface area contributed by atoms with E-state index in [9.17, 15) is 43.2 Å². The molecule has 94 heavy (non-hydrogen) atoms. The maximum Gasteiger partial charge on any atom is 0.472 e. The predicted molar refractivity (Wildman–Crippen MR) is 381 cm³/mol. The fourth-order valence-corrected chi connectivity index (χ4v) is 11.1. The number of unbranched alkanes of at least 4 members (excludes halogenated alkanes) is 27. The number of carbonyl (C=O) groups excluding carboxylic acids is 4. The molecular weight excluding hydrogens is 1230 g/mol. The first-order chi connectivity index (χ1) is 45.7. The summed E-state index contributed by atoms with van der Waals surface area (Å²) in [6, 6.07) is 0. The van der Waals surface area contributed by atoms with Gasteiger partial charge in [-0.2, -0.15) is 0 Å². The van der Waals surface area contributed by atoms with Gasteiger partial charge in [0.15, 0.2) is 12.2 Å². The van der Waals surface area contributed by atoms with E-state index in [4.69, 9.17) is 37.0 Å². The molecule has 0 radical (unpaired) electrons. The largest absolute Gasteiger partial charge is 0.472 e. The van der Waals surface area contributed by atoms with Crippen molar-refractivity contribution in [3.63, 3.8) is 0 Å². The summed E-state index contributed by atoms with van der Waals surface area (Å²) in [7, 11) is -9.96. The van der Waals surface area contributed by atoms with Crippen molar-refractivity contribution >= 4 is 39.5 Å². The zero-order chi connectivity index (χ0) is 69.0. The molecule has 542 valence electrons. The summed E-state index contributed by atoms with van der Waals surface area (Å²) >= 11 is 0. The summed E-state index contributed by atoms with van der Waals surface area (Å²) in [5.74, 6) is -2.34. The van der Waals surface area contributed by atoms with Crippen molar-refractivity contribution in [3.8, 4) is 0 Å². The van der Waals surface area contributed by atoms with E-state index in [0.717, 1.165) is 135 Å². The molecule has 17 nitrogen and oxygen atoms in total. The summed E-state index contributed by atoms with van der Waals surface area (Å²) in [5.41, 5.74) is 0. The van der Waals surface area contributed by atoms with Crippen molar-refractivity contribution < 1.29 is 80.2 Å². The van der Waals surface area contributed by atoms with Crippen LogP contribution in [0.3, 0.4) is 0 Å². The Hall–Kier alpha value is -4.02. The predicted octanol–water partition coefficient (Wildman–Crippen LogP) is 20.4. The van der Waals surface area contributed by atoms with Crippen LogP contribution in [-0.4, -0.2) is 96.7 Å². The lowest BCUT2D eigenvalue weighted by molar-refractivity contribution is -0.161. The summed E-state index contributed by atoms with van der Waals surface area (Å²) < 4.78 is 68.2. The Balaban J connectivity index is 5.40. The van der Waals surface area contributed by atoms with Gasteiger partial charge in [-0.25, -0.2) is 9.13 Å².